The molecule has 0 saturated carbocycles. The van der Waals surface area contributed by atoms with Crippen molar-refractivity contribution in [3.63, 3.8) is 0 Å². The Bertz CT molecular complexity index is 564. The van der Waals surface area contributed by atoms with Gasteiger partial charge in [0.2, 0.25) is 5.91 Å². The molecule has 0 bridgehead atoms. The Kier molecular flexibility index (Phi) is 6.56. The number of benzene rings is 1. The van der Waals surface area contributed by atoms with Crippen LogP contribution in [0.5, 0.6) is 0 Å². The molecule has 1 heterocycles. The lowest BCUT2D eigenvalue weighted by Crippen LogP contribution is -2.63. The molecule has 1 fully saturated rings. The second kappa shape index (κ2) is 8.09. The molecule has 0 aromatic heterocycles. The Labute approximate surface area is 158 Å². The maximum Gasteiger partial charge on any atom is 0.227 e. The molecule has 0 aliphatic carbocycles. The van der Waals surface area contributed by atoms with E-state index >= 15 is 0 Å². The van der Waals surface area contributed by atoms with Crippen LogP contribution < -0.4 is 5.32 Å². The first kappa shape index (κ1) is 20.3. The predicted octanol–water partition coefficient (Wildman–Crippen LogP) is 4.82. The van der Waals surface area contributed by atoms with Gasteiger partial charge in [0.25, 0.3) is 0 Å². The number of carbonyl (C=O) groups excluding carboxylic acids is 1. The van der Waals surface area contributed by atoms with Crippen LogP contribution in [-0.2, 0) is 11.2 Å². The minimum absolute atomic E-state index is 0.0391. The topological polar surface area (TPSA) is 32.3 Å². The monoisotopic (exact) mass is 364 g/mol. The zero-order chi connectivity index (χ0) is 18.7. The van der Waals surface area contributed by atoms with Gasteiger partial charge in [0.15, 0.2) is 0 Å². The maximum atomic E-state index is 13.1. The number of halogens is 1. The molecule has 140 valence electrons. The molecule has 2 rings (SSSR count). The van der Waals surface area contributed by atoms with Gasteiger partial charge < -0.3 is 10.2 Å². The molecule has 0 radical (unpaired) electrons. The van der Waals surface area contributed by atoms with Crippen LogP contribution in [0.3, 0.4) is 0 Å². The molecular weight excluding hydrogens is 332 g/mol. The predicted molar refractivity (Wildman–Crippen MR) is 106 cm³/mol. The summed E-state index contributed by atoms with van der Waals surface area (Å²) in [7, 11) is 0. The zero-order valence-electron chi connectivity index (χ0n) is 16.4. The third kappa shape index (κ3) is 6.00. The van der Waals surface area contributed by atoms with Crippen LogP contribution in [0.25, 0.3) is 0 Å². The fraction of sp³-hybridized carbons (Fsp3) is 0.667. The summed E-state index contributed by atoms with van der Waals surface area (Å²) < 4.78 is 0. The summed E-state index contributed by atoms with van der Waals surface area (Å²) in [6.07, 6.45) is 4.59. The second-order valence-corrected chi connectivity index (χ2v) is 9.14. The normalized spacial score (nSPS) is 19.6. The fourth-order valence-electron chi connectivity index (χ4n) is 4.21. The van der Waals surface area contributed by atoms with Crippen LogP contribution >= 0.6 is 11.6 Å². The van der Waals surface area contributed by atoms with Gasteiger partial charge in [0, 0.05) is 28.7 Å². The number of amides is 1. The summed E-state index contributed by atoms with van der Waals surface area (Å²) in [4.78, 5) is 15.2. The molecule has 1 aliphatic heterocycles. The fourth-order valence-corrected chi connectivity index (χ4v) is 4.33. The van der Waals surface area contributed by atoms with Crippen LogP contribution in [0.2, 0.25) is 5.02 Å². The van der Waals surface area contributed by atoms with Crippen LogP contribution in [-0.4, -0.2) is 34.5 Å². The Morgan fingerprint density at radius 3 is 2.24 bits per heavy atom. The molecule has 25 heavy (non-hydrogen) atoms. The lowest BCUT2D eigenvalue weighted by atomic mass is 9.79. The highest BCUT2D eigenvalue weighted by atomic mass is 35.5. The minimum Gasteiger partial charge on any atom is -0.339 e. The van der Waals surface area contributed by atoms with Gasteiger partial charge in [0.05, 0.1) is 6.42 Å². The highest BCUT2D eigenvalue weighted by molar-refractivity contribution is 6.30. The number of piperidine rings is 1. The summed E-state index contributed by atoms with van der Waals surface area (Å²) in [5, 5.41) is 4.42. The third-order valence-corrected chi connectivity index (χ3v) is 5.20. The molecule has 0 spiro atoms. The molecule has 1 amide bonds. The van der Waals surface area contributed by atoms with Crippen molar-refractivity contribution in [2.24, 2.45) is 0 Å². The lowest BCUT2D eigenvalue weighted by molar-refractivity contribution is -0.134. The van der Waals surface area contributed by atoms with Gasteiger partial charge in [-0.15, -0.1) is 0 Å². The highest BCUT2D eigenvalue weighted by Crippen LogP contribution is 2.32. The van der Waals surface area contributed by atoms with E-state index in [1.54, 1.807) is 0 Å². The number of nitrogens with zero attached hydrogens (tertiary/aromatic N) is 1. The van der Waals surface area contributed by atoms with E-state index in [0.717, 1.165) is 37.8 Å². The smallest absolute Gasteiger partial charge is 0.227 e. The summed E-state index contributed by atoms with van der Waals surface area (Å²) in [5.74, 6) is 0.231. The van der Waals surface area contributed by atoms with Crippen molar-refractivity contribution < 1.29 is 4.79 Å². The molecule has 1 aromatic rings. The number of hydrogen-bond donors (Lipinski definition) is 1. The molecule has 1 N–H and O–H groups in total. The van der Waals surface area contributed by atoms with Crippen LogP contribution in [0, 0.1) is 0 Å². The summed E-state index contributed by atoms with van der Waals surface area (Å²) in [5.41, 5.74) is 1.11. The van der Waals surface area contributed by atoms with E-state index in [2.05, 4.69) is 44.8 Å². The van der Waals surface area contributed by atoms with E-state index in [-0.39, 0.29) is 23.0 Å². The van der Waals surface area contributed by atoms with Crippen LogP contribution in [0.15, 0.2) is 24.3 Å². The minimum atomic E-state index is 0.0391. The van der Waals surface area contributed by atoms with Crippen molar-refractivity contribution in [3.05, 3.63) is 34.9 Å². The van der Waals surface area contributed by atoms with E-state index in [0.29, 0.717) is 11.4 Å². The van der Waals surface area contributed by atoms with Crippen molar-refractivity contribution in [3.8, 4) is 0 Å². The molecule has 4 heteroatoms. The van der Waals surface area contributed by atoms with Gasteiger partial charge in [-0.25, -0.2) is 0 Å². The molecule has 3 nitrogen and oxygen atoms in total. The number of rotatable bonds is 6. The summed E-state index contributed by atoms with van der Waals surface area (Å²) in [6, 6.07) is 7.91. The molecule has 0 atom stereocenters. The van der Waals surface area contributed by atoms with E-state index in [4.69, 9.17) is 11.6 Å². The first-order valence-electron chi connectivity index (χ1n) is 9.45. The van der Waals surface area contributed by atoms with Crippen molar-refractivity contribution >= 4 is 17.5 Å². The summed E-state index contributed by atoms with van der Waals surface area (Å²) >= 11 is 5.96. The molecular formula is C21H33ClN2O. The largest absolute Gasteiger partial charge is 0.339 e. The van der Waals surface area contributed by atoms with Crippen LogP contribution in [0.1, 0.15) is 65.9 Å². The van der Waals surface area contributed by atoms with Crippen molar-refractivity contribution in [2.75, 3.05) is 6.54 Å². The second-order valence-electron chi connectivity index (χ2n) is 8.70. The molecule has 1 saturated heterocycles. The van der Waals surface area contributed by atoms with Gasteiger partial charge in [-0.05, 0) is 64.7 Å². The molecule has 1 aromatic carbocycles. The van der Waals surface area contributed by atoms with E-state index in [1.807, 2.05) is 24.3 Å². The highest BCUT2D eigenvalue weighted by Gasteiger charge is 2.40. The summed E-state index contributed by atoms with van der Waals surface area (Å²) in [6.45, 7) is 12.0. The average Bonchev–Trinajstić information content (AvgIpc) is 2.47. The Balaban J connectivity index is 2.16. The van der Waals surface area contributed by atoms with Gasteiger partial charge in [0.1, 0.15) is 0 Å². The SMILES string of the molecule is CCCCN(C(=O)Cc1ccc(Cl)cc1)C1CC(C)(C)NC(C)(C)C1. The van der Waals surface area contributed by atoms with Crippen molar-refractivity contribution in [1.82, 2.24) is 10.2 Å². The lowest BCUT2D eigenvalue weighted by Gasteiger charge is -2.49. The third-order valence-electron chi connectivity index (χ3n) is 4.95. The Morgan fingerprint density at radius 1 is 1.16 bits per heavy atom. The maximum absolute atomic E-state index is 13.1. The first-order chi connectivity index (χ1) is 11.6. The van der Waals surface area contributed by atoms with Crippen molar-refractivity contribution in [1.29, 1.82) is 0 Å². The quantitative estimate of drug-likeness (QED) is 0.784. The first-order valence-corrected chi connectivity index (χ1v) is 9.83. The van der Waals surface area contributed by atoms with Crippen LogP contribution in [0.4, 0.5) is 0 Å². The number of nitrogens with one attached hydrogen (secondary N) is 1. The Morgan fingerprint density at radius 2 is 1.72 bits per heavy atom. The standard InChI is InChI=1S/C21H33ClN2O/c1-6-7-12-24(18-14-20(2,3)23-21(4,5)15-18)19(25)13-16-8-10-17(22)11-9-16/h8-11,18,23H,6-7,12-15H2,1-5H3. The van der Waals surface area contributed by atoms with E-state index in [9.17, 15) is 4.79 Å². The van der Waals surface area contributed by atoms with Gasteiger partial charge >= 0.3 is 0 Å². The van der Waals surface area contributed by atoms with E-state index < -0.39 is 0 Å². The molecule has 1 aliphatic rings. The van der Waals surface area contributed by atoms with Crippen molar-refractivity contribution in [2.45, 2.75) is 83.8 Å². The Hall–Kier alpha value is -1.06. The van der Waals surface area contributed by atoms with Gasteiger partial charge in [-0.1, -0.05) is 37.1 Å². The van der Waals surface area contributed by atoms with E-state index in [1.165, 1.54) is 0 Å². The van der Waals surface area contributed by atoms with Gasteiger partial charge in [-0.3, -0.25) is 4.79 Å². The van der Waals surface area contributed by atoms with Gasteiger partial charge in [-0.2, -0.15) is 0 Å². The number of unbranched alkanes of at least 4 members (excludes halogenated alkanes) is 1. The molecule has 0 unspecified atom stereocenters. The number of carbonyl (C=O) groups is 1. The average molecular weight is 365 g/mol. The zero-order valence-corrected chi connectivity index (χ0v) is 17.1. The number of hydrogen-bond acceptors (Lipinski definition) is 2.